The molecular weight excluding hydrogens is 597 g/mol. The summed E-state index contributed by atoms with van der Waals surface area (Å²) in [7, 11) is 1.62. The maximum Gasteiger partial charge on any atom is 0.0319 e. The Bertz CT molecular complexity index is 16.5. The number of hydrogen-bond donors (Lipinski definition) is 0. The zero-order valence-corrected chi connectivity index (χ0v) is 23.3. The zero-order valence-electron chi connectivity index (χ0n) is 6.29. The second-order valence-electron chi connectivity index (χ2n) is 0.493. The van der Waals surface area contributed by atoms with Crippen LogP contribution in [0.5, 0.6) is 0 Å². The van der Waals surface area contributed by atoms with Crippen LogP contribution < -0.4 is 0 Å². The van der Waals surface area contributed by atoms with Crippen LogP contribution in [-0.2, 0) is 201 Å². The molecule has 0 aromatic heterocycles. The van der Waals surface area contributed by atoms with Crippen LogP contribution in [0.3, 0.4) is 0 Å². The van der Waals surface area contributed by atoms with Gasteiger partial charge < -0.3 is 11.7 Å². The van der Waals surface area contributed by atoms with Crippen molar-refractivity contribution < 1.29 is 201 Å². The third-order valence-corrected chi connectivity index (χ3v) is 0.204. The van der Waals surface area contributed by atoms with E-state index in [9.17, 15) is 0 Å². The van der Waals surface area contributed by atoms with Gasteiger partial charge in [0.25, 0.3) is 0 Å². The van der Waals surface area contributed by atoms with E-state index in [4.69, 9.17) is 0 Å². The molecule has 11 heavy (non-hydrogen) atoms. The molecule has 0 heterocycles. The Balaban J connectivity index is -0.00000000214. The molecule has 0 saturated carbocycles. The van der Waals surface area contributed by atoms with Gasteiger partial charge in [0.05, 0.1) is 0 Å². The molecule has 0 fully saturated rings. The van der Waals surface area contributed by atoms with Crippen molar-refractivity contribution in [2.45, 2.75) is 7.43 Å². The summed E-state index contributed by atoms with van der Waals surface area (Å²) in [6, 6.07) is 0. The van der Waals surface area contributed by atoms with Gasteiger partial charge in [-0.15, -0.1) is 0 Å². The van der Waals surface area contributed by atoms with Crippen molar-refractivity contribution in [3.05, 3.63) is 6.92 Å². The zero-order chi connectivity index (χ0) is 3.41. The smallest absolute Gasteiger partial charge is 0.0319 e. The summed E-state index contributed by atoms with van der Waals surface area (Å²) in [4.78, 5) is 0. The summed E-state index contributed by atoms with van der Waals surface area (Å²) in [6.07, 6.45) is 0. The molecule has 0 bridgehead atoms. The molecule has 7 heteroatoms. The van der Waals surface area contributed by atoms with Gasteiger partial charge in [-0.2, -0.15) is 0 Å². The molecule has 0 saturated heterocycles. The first-order valence-electron chi connectivity index (χ1n) is 1.20. The average Bonchev–Trinajstić information content (AvgIpc) is 1.37. The first-order valence-corrected chi connectivity index (χ1v) is 1.20. The molecule has 0 aliphatic carbocycles. The van der Waals surface area contributed by atoms with E-state index in [0.717, 1.165) is 0 Å². The third-order valence-electron chi connectivity index (χ3n) is 0.204. The predicted octanol–water partition coefficient (Wildman–Crippen LogP) is 1.09. The van der Waals surface area contributed by atoms with Crippen molar-refractivity contribution in [3.63, 3.8) is 0 Å². The van der Waals surface area contributed by atoms with Crippen molar-refractivity contribution in [3.8, 4) is 0 Å². The fourth-order valence-electron chi connectivity index (χ4n) is 0. The quantitative estimate of drug-likeness (QED) is 0.406. The van der Waals surface area contributed by atoms with Crippen molar-refractivity contribution >= 4 is 0 Å². The Morgan fingerprint density at radius 1 is 0.909 bits per heavy atom. The third kappa shape index (κ3) is 61.3. The van der Waals surface area contributed by atoms with E-state index in [1.165, 1.54) is 0 Å². The molecule has 0 spiro atoms. The molecule has 52 valence electrons. The molecule has 0 rings (SSSR count). The van der Waals surface area contributed by atoms with Crippen molar-refractivity contribution in [1.82, 2.24) is 0 Å². The van der Waals surface area contributed by atoms with E-state index in [1.54, 1.807) is 7.11 Å². The summed E-state index contributed by atoms with van der Waals surface area (Å²) < 4.78 is 4.43. The standard InChI is InChI=1S/C3H7O.CH4.6Y/c1-3-4-2;;;;;;;/h1,3H2,2H3;1H4;;;;;;/q-1;;;;;;;. The minimum atomic E-state index is 0. The molecule has 0 aliphatic rings. The molecule has 0 aliphatic heterocycles. The topological polar surface area (TPSA) is 9.23 Å². The molecule has 0 N–H and O–H groups in total. The number of hydrogen-bond acceptors (Lipinski definition) is 1. The second-order valence-corrected chi connectivity index (χ2v) is 0.493. The Kier molecular flexibility index (Phi) is 262. The van der Waals surface area contributed by atoms with Crippen LogP contribution in [0, 0.1) is 6.92 Å². The van der Waals surface area contributed by atoms with Gasteiger partial charge in [0.1, 0.15) is 0 Å². The van der Waals surface area contributed by atoms with Crippen molar-refractivity contribution in [1.29, 1.82) is 0 Å². The SMILES string of the molecule is C.[CH2-]COC.[Y].[Y].[Y].[Y].[Y].[Y]. The molecule has 0 unspecified atom stereocenters. The van der Waals surface area contributed by atoms with Gasteiger partial charge in [-0.25, -0.2) is 0 Å². The van der Waals surface area contributed by atoms with Crippen LogP contribution in [0.2, 0.25) is 0 Å². The second kappa shape index (κ2) is 54.7. The van der Waals surface area contributed by atoms with Crippen LogP contribution in [0.25, 0.3) is 0 Å². The fourth-order valence-corrected chi connectivity index (χ4v) is 0. The summed E-state index contributed by atoms with van der Waals surface area (Å²) in [5.41, 5.74) is 0. The number of ether oxygens (including phenoxy) is 1. The maximum absolute atomic E-state index is 4.43. The molecule has 6 radical (unpaired) electrons. The van der Waals surface area contributed by atoms with E-state index in [-0.39, 0.29) is 204 Å². The molecule has 0 aromatic rings. The van der Waals surface area contributed by atoms with Gasteiger partial charge in [0.2, 0.25) is 0 Å². The van der Waals surface area contributed by atoms with E-state index in [1.807, 2.05) is 0 Å². The van der Waals surface area contributed by atoms with Gasteiger partial charge in [-0.3, -0.25) is 0 Å². The van der Waals surface area contributed by atoms with Crippen LogP contribution in [0.1, 0.15) is 7.43 Å². The summed E-state index contributed by atoms with van der Waals surface area (Å²) >= 11 is 0. The minimum absolute atomic E-state index is 0. The molecule has 0 aromatic carbocycles. The Morgan fingerprint density at radius 3 is 1.00 bits per heavy atom. The van der Waals surface area contributed by atoms with E-state index in [2.05, 4.69) is 11.7 Å². The average molecular weight is 609 g/mol. The van der Waals surface area contributed by atoms with Crippen LogP contribution >= 0.6 is 0 Å². The van der Waals surface area contributed by atoms with E-state index >= 15 is 0 Å². The Labute approximate surface area is 222 Å². The van der Waals surface area contributed by atoms with Gasteiger partial charge in [-0.05, 0) is 0 Å². The van der Waals surface area contributed by atoms with Crippen molar-refractivity contribution in [2.24, 2.45) is 0 Å². The molecule has 0 atom stereocenters. The minimum Gasteiger partial charge on any atom is -0.417 e. The van der Waals surface area contributed by atoms with E-state index in [0.29, 0.717) is 6.61 Å². The fraction of sp³-hybridized carbons (Fsp3) is 0.750. The Morgan fingerprint density at radius 2 is 1.00 bits per heavy atom. The molecular formula is C4H11OY6-. The first kappa shape index (κ1) is 52.7. The summed E-state index contributed by atoms with van der Waals surface area (Å²) in [6.45, 7) is 3.95. The monoisotopic (exact) mass is 609 g/mol. The summed E-state index contributed by atoms with van der Waals surface area (Å²) in [5.74, 6) is 0. The predicted molar refractivity (Wildman–Crippen MR) is 24.0 cm³/mol. The normalized spacial score (nSPS) is 2.73. The van der Waals surface area contributed by atoms with Crippen molar-refractivity contribution in [2.75, 3.05) is 13.7 Å². The van der Waals surface area contributed by atoms with Gasteiger partial charge in [0, 0.05) is 203 Å². The van der Waals surface area contributed by atoms with Crippen LogP contribution in [-0.4, -0.2) is 13.7 Å². The van der Waals surface area contributed by atoms with Gasteiger partial charge in [0.15, 0.2) is 0 Å². The first-order chi connectivity index (χ1) is 1.91. The maximum atomic E-state index is 4.43. The van der Waals surface area contributed by atoms with Crippen LogP contribution in [0.4, 0.5) is 0 Å². The van der Waals surface area contributed by atoms with Gasteiger partial charge in [-0.1, -0.05) is 14.0 Å². The molecule has 1 nitrogen and oxygen atoms in total. The molecule has 0 amide bonds. The van der Waals surface area contributed by atoms with Crippen LogP contribution in [0.15, 0.2) is 0 Å². The number of rotatable bonds is 1. The van der Waals surface area contributed by atoms with E-state index < -0.39 is 0 Å². The largest absolute Gasteiger partial charge is 0.417 e. The van der Waals surface area contributed by atoms with Gasteiger partial charge >= 0.3 is 0 Å². The summed E-state index contributed by atoms with van der Waals surface area (Å²) in [5, 5.41) is 0. The Hall–Kier alpha value is 6.58. The number of methoxy groups -OCH3 is 1.